The van der Waals surface area contributed by atoms with E-state index in [4.69, 9.17) is 14.2 Å². The molecule has 0 radical (unpaired) electrons. The van der Waals surface area contributed by atoms with Crippen LogP contribution >= 0.6 is 0 Å². The average Bonchev–Trinajstić information content (AvgIpc) is 2.71. The topological polar surface area (TPSA) is 27.7 Å². The summed E-state index contributed by atoms with van der Waals surface area (Å²) in [6, 6.07) is 8.22. The van der Waals surface area contributed by atoms with Crippen LogP contribution in [0.2, 0.25) is 0 Å². The summed E-state index contributed by atoms with van der Waals surface area (Å²) in [4.78, 5) is 0. The molecule has 1 fully saturated rings. The van der Waals surface area contributed by atoms with Crippen molar-refractivity contribution in [1.29, 1.82) is 0 Å². The maximum atomic E-state index is 5.94. The molecule has 27 heavy (non-hydrogen) atoms. The van der Waals surface area contributed by atoms with E-state index in [9.17, 15) is 0 Å². The van der Waals surface area contributed by atoms with Crippen LogP contribution in [-0.4, -0.2) is 19.8 Å². The van der Waals surface area contributed by atoms with Gasteiger partial charge in [0.05, 0.1) is 19.8 Å². The van der Waals surface area contributed by atoms with Crippen LogP contribution in [0.3, 0.4) is 0 Å². The van der Waals surface area contributed by atoms with Crippen molar-refractivity contribution in [2.24, 2.45) is 5.92 Å². The third-order valence-corrected chi connectivity index (χ3v) is 5.35. The summed E-state index contributed by atoms with van der Waals surface area (Å²) in [6.07, 6.45) is 14.0. The van der Waals surface area contributed by atoms with Gasteiger partial charge in [-0.15, -0.1) is 0 Å². The van der Waals surface area contributed by atoms with Crippen molar-refractivity contribution in [1.82, 2.24) is 0 Å². The van der Waals surface area contributed by atoms with Gasteiger partial charge in [-0.05, 0) is 25.0 Å². The van der Waals surface area contributed by atoms with Gasteiger partial charge >= 0.3 is 0 Å². The number of rotatable bonds is 14. The highest BCUT2D eigenvalue weighted by molar-refractivity contribution is 5.28. The van der Waals surface area contributed by atoms with Crippen LogP contribution in [0.25, 0.3) is 0 Å². The lowest BCUT2D eigenvalue weighted by molar-refractivity contribution is -0.206. The van der Waals surface area contributed by atoms with Crippen LogP contribution in [0.1, 0.15) is 96.3 Å². The Labute approximate surface area is 166 Å². The Morgan fingerprint density at radius 1 is 0.778 bits per heavy atom. The number of benzene rings is 1. The molecular weight excluding hydrogens is 336 g/mol. The molecule has 0 atom stereocenters. The first kappa shape index (κ1) is 22.2. The highest BCUT2D eigenvalue weighted by atomic mass is 16.7. The first-order valence-electron chi connectivity index (χ1n) is 11.3. The van der Waals surface area contributed by atoms with Crippen LogP contribution in [0.4, 0.5) is 0 Å². The molecule has 1 saturated heterocycles. The van der Waals surface area contributed by atoms with Gasteiger partial charge in [-0.1, -0.05) is 83.8 Å². The van der Waals surface area contributed by atoms with E-state index >= 15 is 0 Å². The summed E-state index contributed by atoms with van der Waals surface area (Å²) >= 11 is 0. The van der Waals surface area contributed by atoms with E-state index in [1.807, 2.05) is 12.1 Å². The zero-order valence-electron chi connectivity index (χ0n) is 17.6. The van der Waals surface area contributed by atoms with E-state index in [1.165, 1.54) is 64.2 Å². The second-order valence-corrected chi connectivity index (χ2v) is 7.90. The van der Waals surface area contributed by atoms with Gasteiger partial charge in [-0.3, -0.25) is 0 Å². The van der Waals surface area contributed by atoms with Gasteiger partial charge in [0.2, 0.25) is 0 Å². The largest absolute Gasteiger partial charge is 0.494 e. The molecule has 0 amide bonds. The fraction of sp³-hybridized carbons (Fsp3) is 0.750. The van der Waals surface area contributed by atoms with Gasteiger partial charge in [0.25, 0.3) is 0 Å². The summed E-state index contributed by atoms with van der Waals surface area (Å²) in [7, 11) is 0. The molecule has 0 saturated carbocycles. The van der Waals surface area contributed by atoms with Crippen molar-refractivity contribution >= 4 is 0 Å². The Morgan fingerprint density at radius 2 is 1.37 bits per heavy atom. The van der Waals surface area contributed by atoms with E-state index in [2.05, 4.69) is 26.0 Å². The fourth-order valence-corrected chi connectivity index (χ4v) is 3.56. The predicted octanol–water partition coefficient (Wildman–Crippen LogP) is 7.06. The monoisotopic (exact) mass is 376 g/mol. The van der Waals surface area contributed by atoms with Gasteiger partial charge in [0.15, 0.2) is 6.29 Å². The average molecular weight is 377 g/mol. The lowest BCUT2D eigenvalue weighted by atomic mass is 10.0. The van der Waals surface area contributed by atoms with E-state index in [-0.39, 0.29) is 6.29 Å². The Bertz CT molecular complexity index is 463. The molecule has 1 aromatic carbocycles. The Kier molecular flexibility index (Phi) is 11.5. The SMILES string of the molecule is CCCCCCCCCOc1ccc(C2OCC(CCCCC)CO2)cc1. The molecule has 0 N–H and O–H groups in total. The summed E-state index contributed by atoms with van der Waals surface area (Å²) in [5, 5.41) is 0. The summed E-state index contributed by atoms with van der Waals surface area (Å²) in [5.74, 6) is 1.50. The van der Waals surface area contributed by atoms with Gasteiger partial charge in [-0.2, -0.15) is 0 Å². The molecule has 0 unspecified atom stereocenters. The maximum absolute atomic E-state index is 5.94. The zero-order chi connectivity index (χ0) is 19.2. The van der Waals surface area contributed by atoms with Gasteiger partial charge < -0.3 is 14.2 Å². The zero-order valence-corrected chi connectivity index (χ0v) is 17.6. The van der Waals surface area contributed by atoms with Crippen molar-refractivity contribution in [2.45, 2.75) is 90.8 Å². The first-order chi connectivity index (χ1) is 13.3. The number of unbranched alkanes of at least 4 members (excludes halogenated alkanes) is 8. The van der Waals surface area contributed by atoms with Gasteiger partial charge in [0, 0.05) is 11.5 Å². The normalized spacial score (nSPS) is 19.9. The van der Waals surface area contributed by atoms with Crippen LogP contribution in [0, 0.1) is 5.92 Å². The lowest BCUT2D eigenvalue weighted by Crippen LogP contribution is -2.27. The minimum absolute atomic E-state index is 0.218. The molecule has 1 heterocycles. The molecule has 0 aromatic heterocycles. The molecule has 154 valence electrons. The Hall–Kier alpha value is -1.06. The molecule has 0 bridgehead atoms. The van der Waals surface area contributed by atoms with Crippen LogP contribution in [0.5, 0.6) is 5.75 Å². The minimum Gasteiger partial charge on any atom is -0.494 e. The van der Waals surface area contributed by atoms with Crippen molar-refractivity contribution in [2.75, 3.05) is 19.8 Å². The Morgan fingerprint density at radius 3 is 2.04 bits per heavy atom. The third-order valence-electron chi connectivity index (χ3n) is 5.35. The van der Waals surface area contributed by atoms with E-state index in [1.54, 1.807) is 0 Å². The van der Waals surface area contributed by atoms with Crippen LogP contribution < -0.4 is 4.74 Å². The summed E-state index contributed by atoms with van der Waals surface area (Å²) in [5.41, 5.74) is 1.09. The molecule has 2 rings (SSSR count). The van der Waals surface area contributed by atoms with Crippen molar-refractivity contribution in [3.63, 3.8) is 0 Å². The van der Waals surface area contributed by atoms with E-state index in [0.29, 0.717) is 5.92 Å². The smallest absolute Gasteiger partial charge is 0.183 e. The standard InChI is InChI=1S/C24H40O3/c1-3-5-7-8-9-10-12-18-25-23-16-14-22(15-17-23)24-26-19-21(20-27-24)13-11-6-4-2/h14-17,21,24H,3-13,18-20H2,1-2H3. The molecule has 3 heteroatoms. The summed E-state index contributed by atoms with van der Waals surface area (Å²) in [6.45, 7) is 6.93. The van der Waals surface area contributed by atoms with Crippen LogP contribution in [0.15, 0.2) is 24.3 Å². The van der Waals surface area contributed by atoms with E-state index in [0.717, 1.165) is 37.6 Å². The molecule has 0 aliphatic carbocycles. The maximum Gasteiger partial charge on any atom is 0.183 e. The second-order valence-electron chi connectivity index (χ2n) is 7.90. The molecule has 1 aliphatic heterocycles. The molecular formula is C24H40O3. The minimum atomic E-state index is -0.218. The third kappa shape index (κ3) is 9.12. The molecule has 3 nitrogen and oxygen atoms in total. The highest BCUT2D eigenvalue weighted by Gasteiger charge is 2.23. The van der Waals surface area contributed by atoms with Crippen molar-refractivity contribution in [3.05, 3.63) is 29.8 Å². The van der Waals surface area contributed by atoms with E-state index < -0.39 is 0 Å². The molecule has 0 spiro atoms. The first-order valence-corrected chi connectivity index (χ1v) is 11.3. The fourth-order valence-electron chi connectivity index (χ4n) is 3.56. The highest BCUT2D eigenvalue weighted by Crippen LogP contribution is 2.28. The lowest BCUT2D eigenvalue weighted by Gasteiger charge is -2.29. The Balaban J connectivity index is 1.58. The molecule has 1 aromatic rings. The van der Waals surface area contributed by atoms with Gasteiger partial charge in [0.1, 0.15) is 5.75 Å². The summed E-state index contributed by atoms with van der Waals surface area (Å²) < 4.78 is 17.7. The predicted molar refractivity (Wildman–Crippen MR) is 112 cm³/mol. The number of hydrogen-bond acceptors (Lipinski definition) is 3. The van der Waals surface area contributed by atoms with Crippen molar-refractivity contribution in [3.8, 4) is 5.75 Å². The van der Waals surface area contributed by atoms with Crippen LogP contribution in [-0.2, 0) is 9.47 Å². The second kappa shape index (κ2) is 14.0. The molecule has 1 aliphatic rings. The van der Waals surface area contributed by atoms with Gasteiger partial charge in [-0.25, -0.2) is 0 Å². The number of ether oxygens (including phenoxy) is 3. The number of hydrogen-bond donors (Lipinski definition) is 0. The quantitative estimate of drug-likeness (QED) is 0.325. The van der Waals surface area contributed by atoms with Crippen molar-refractivity contribution < 1.29 is 14.2 Å².